The van der Waals surface area contributed by atoms with Crippen molar-refractivity contribution < 1.29 is 14.6 Å². The van der Waals surface area contributed by atoms with Crippen LogP contribution in [0.25, 0.3) is 21.3 Å². The molecule has 0 amide bonds. The summed E-state index contributed by atoms with van der Waals surface area (Å²) in [5.74, 6) is 0.873. The number of fused-ring (bicyclic) bond motifs is 2. The molecule has 4 saturated carbocycles. The SMILES string of the molecule is Cc1ccc2nc(Nc3nnc4c(c3C)CCCN4c3ccc(-c4cnn(CC56CC7(C)CC(C)(C5)CC(OCCN5CCCC5)(C7)C6)c4C)c(C(=O)O)n3)sc2c1. The molecule has 13 heteroatoms. The molecule has 11 rings (SSSR count). The zero-order chi connectivity index (χ0) is 40.0. The topological polar surface area (TPSA) is 134 Å². The van der Waals surface area contributed by atoms with E-state index in [1.165, 1.54) is 50.8 Å². The standard InChI is InChI=1S/C45H55N9O3S/c1-28-10-12-34-35(19-28)58-41(47-34)49-38-29(2)31-9-8-16-53(39(31)51-50-38)36-13-11-32(37(48-36)40(55)56)33-20-46-54(30(33)3)27-44-22-42(4)21-43(5,23-44)25-45(24-42,26-44)57-18-17-52-14-6-7-15-52/h10-13,19-20H,6-9,14-18,21-27H2,1-5H3,(H,55,56)(H,47,49,50). The number of carbonyl (C=O) groups is 1. The molecule has 12 nitrogen and oxygen atoms in total. The highest BCUT2D eigenvalue weighted by atomic mass is 32.1. The number of nitrogens with one attached hydrogen (secondary N) is 1. The fourth-order valence-corrected chi connectivity index (χ4v) is 13.8. The number of hydrogen-bond donors (Lipinski definition) is 2. The number of benzene rings is 1. The molecule has 58 heavy (non-hydrogen) atoms. The number of likely N-dealkylation sites (tertiary alicyclic amines) is 1. The average Bonchev–Trinajstić information content (AvgIpc) is 3.91. The van der Waals surface area contributed by atoms with Crippen LogP contribution in [0.1, 0.15) is 105 Å². The lowest BCUT2D eigenvalue weighted by molar-refractivity contribution is -0.248. The summed E-state index contributed by atoms with van der Waals surface area (Å²) in [6.45, 7) is 16.9. The minimum Gasteiger partial charge on any atom is -0.476 e. The van der Waals surface area contributed by atoms with Crippen LogP contribution in [0.3, 0.4) is 0 Å². The monoisotopic (exact) mass is 801 g/mol. The number of ether oxygens (including phenoxy) is 1. The number of rotatable bonds is 11. The zero-order valence-corrected chi connectivity index (χ0v) is 35.3. The molecule has 0 radical (unpaired) electrons. The number of pyridine rings is 1. The number of thiazole rings is 1. The molecule has 304 valence electrons. The van der Waals surface area contributed by atoms with E-state index < -0.39 is 5.97 Å². The molecule has 5 aromatic rings. The van der Waals surface area contributed by atoms with E-state index in [2.05, 4.69) is 66.7 Å². The van der Waals surface area contributed by atoms with Gasteiger partial charge < -0.3 is 25.0 Å². The predicted molar refractivity (Wildman–Crippen MR) is 228 cm³/mol. The Morgan fingerprint density at radius 2 is 1.71 bits per heavy atom. The highest BCUT2D eigenvalue weighted by molar-refractivity contribution is 7.22. The van der Waals surface area contributed by atoms with Gasteiger partial charge >= 0.3 is 5.97 Å². The molecule has 2 N–H and O–H groups in total. The zero-order valence-electron chi connectivity index (χ0n) is 34.5. The van der Waals surface area contributed by atoms with Crippen LogP contribution in [-0.4, -0.2) is 84.3 Å². The lowest BCUT2D eigenvalue weighted by atomic mass is 9.39. The van der Waals surface area contributed by atoms with E-state index in [-0.39, 0.29) is 27.5 Å². The number of hydrogen-bond acceptors (Lipinski definition) is 11. The second-order valence-electron chi connectivity index (χ2n) is 19.3. The van der Waals surface area contributed by atoms with Crippen molar-refractivity contribution in [2.75, 3.05) is 43.0 Å². The van der Waals surface area contributed by atoms with Crippen molar-refractivity contribution in [3.63, 3.8) is 0 Å². The first kappa shape index (κ1) is 37.8. The normalized spacial score (nSPS) is 27.8. The van der Waals surface area contributed by atoms with Gasteiger partial charge in [0.1, 0.15) is 5.82 Å². The largest absolute Gasteiger partial charge is 0.476 e. The maximum atomic E-state index is 13.0. The van der Waals surface area contributed by atoms with Gasteiger partial charge in [-0.1, -0.05) is 31.3 Å². The Hall–Kier alpha value is -4.46. The van der Waals surface area contributed by atoms with E-state index in [0.717, 1.165) is 89.5 Å². The second-order valence-corrected chi connectivity index (χ2v) is 20.3. The van der Waals surface area contributed by atoms with Gasteiger partial charge in [-0.05, 0) is 144 Å². The molecule has 5 fully saturated rings. The van der Waals surface area contributed by atoms with Crippen LogP contribution in [0.5, 0.6) is 0 Å². The van der Waals surface area contributed by atoms with E-state index in [4.69, 9.17) is 24.9 Å². The third-order valence-electron chi connectivity index (χ3n) is 14.1. The smallest absolute Gasteiger partial charge is 0.355 e. The van der Waals surface area contributed by atoms with Gasteiger partial charge in [-0.25, -0.2) is 14.8 Å². The predicted octanol–water partition coefficient (Wildman–Crippen LogP) is 9.03. The summed E-state index contributed by atoms with van der Waals surface area (Å²) in [7, 11) is 0. The van der Waals surface area contributed by atoms with Crippen molar-refractivity contribution in [1.29, 1.82) is 0 Å². The number of carboxylic acids is 1. The number of nitrogens with zero attached hydrogens (tertiary/aromatic N) is 8. The van der Waals surface area contributed by atoms with Gasteiger partial charge in [-0.2, -0.15) is 5.10 Å². The van der Waals surface area contributed by atoms with Gasteiger partial charge in [-0.3, -0.25) is 4.68 Å². The highest BCUT2D eigenvalue weighted by Gasteiger charge is 2.66. The molecule has 4 aliphatic carbocycles. The van der Waals surface area contributed by atoms with Crippen molar-refractivity contribution in [1.82, 2.24) is 34.8 Å². The molecule has 2 atom stereocenters. The third kappa shape index (κ3) is 6.67. The number of aryl methyl sites for hydroxylation is 1. The fraction of sp³-hybridized carbons (Fsp3) is 0.556. The second kappa shape index (κ2) is 13.8. The van der Waals surface area contributed by atoms with Crippen LogP contribution in [0.2, 0.25) is 0 Å². The molecular formula is C45H55N9O3S. The molecular weight excluding hydrogens is 747 g/mol. The molecule has 1 saturated heterocycles. The van der Waals surface area contributed by atoms with E-state index >= 15 is 0 Å². The summed E-state index contributed by atoms with van der Waals surface area (Å²) in [5, 5.41) is 29.1. The molecule has 4 bridgehead atoms. The van der Waals surface area contributed by atoms with Crippen LogP contribution in [-0.2, 0) is 17.7 Å². The first-order valence-electron chi connectivity index (χ1n) is 21.2. The molecule has 4 aromatic heterocycles. The van der Waals surface area contributed by atoms with Gasteiger partial charge in [0.05, 0.1) is 28.6 Å². The van der Waals surface area contributed by atoms with Crippen molar-refractivity contribution in [3.8, 4) is 11.1 Å². The first-order chi connectivity index (χ1) is 27.8. The highest BCUT2D eigenvalue weighted by Crippen LogP contribution is 2.72. The number of aromatic nitrogens is 6. The van der Waals surface area contributed by atoms with Gasteiger partial charge in [0.25, 0.3) is 0 Å². The van der Waals surface area contributed by atoms with Gasteiger partial charge in [-0.15, -0.1) is 10.2 Å². The van der Waals surface area contributed by atoms with Crippen LogP contribution in [0, 0.1) is 37.0 Å². The Labute approximate surface area is 344 Å². The maximum absolute atomic E-state index is 13.0. The minimum atomic E-state index is -1.07. The maximum Gasteiger partial charge on any atom is 0.355 e. The molecule has 1 aromatic carbocycles. The summed E-state index contributed by atoms with van der Waals surface area (Å²) in [4.78, 5) is 27.1. The van der Waals surface area contributed by atoms with Gasteiger partial charge in [0.15, 0.2) is 22.5 Å². The Morgan fingerprint density at radius 1 is 0.914 bits per heavy atom. The van der Waals surface area contributed by atoms with Crippen LogP contribution >= 0.6 is 11.3 Å². The summed E-state index contributed by atoms with van der Waals surface area (Å²) in [6.07, 6.45) is 13.1. The first-order valence-corrected chi connectivity index (χ1v) is 22.0. The molecule has 2 unspecified atom stereocenters. The summed E-state index contributed by atoms with van der Waals surface area (Å²) >= 11 is 1.60. The lowest BCUT2D eigenvalue weighted by Gasteiger charge is -2.69. The molecule has 6 aliphatic rings. The van der Waals surface area contributed by atoms with Crippen LogP contribution < -0.4 is 10.2 Å². The Bertz CT molecular complexity index is 2420. The number of anilines is 4. The molecule has 6 heterocycles. The average molecular weight is 802 g/mol. The van der Waals surface area contributed by atoms with E-state index in [0.29, 0.717) is 29.6 Å². The number of aromatic carboxylic acids is 1. The van der Waals surface area contributed by atoms with Crippen LogP contribution in [0.15, 0.2) is 36.5 Å². The quantitative estimate of drug-likeness (QED) is 0.133. The van der Waals surface area contributed by atoms with E-state index in [1.54, 1.807) is 11.3 Å². The van der Waals surface area contributed by atoms with Gasteiger partial charge in [0, 0.05) is 47.6 Å². The summed E-state index contributed by atoms with van der Waals surface area (Å²) < 4.78 is 10.3. The van der Waals surface area contributed by atoms with E-state index in [9.17, 15) is 9.90 Å². The van der Waals surface area contributed by atoms with Gasteiger partial charge in [0.2, 0.25) is 0 Å². The fourth-order valence-electron chi connectivity index (χ4n) is 12.8. The van der Waals surface area contributed by atoms with Crippen molar-refractivity contribution >= 4 is 50.1 Å². The lowest BCUT2D eigenvalue weighted by Crippen LogP contribution is -2.64. The minimum absolute atomic E-state index is 0.0153. The summed E-state index contributed by atoms with van der Waals surface area (Å²) in [6, 6.07) is 10.1. The molecule has 2 aliphatic heterocycles. The Morgan fingerprint density at radius 3 is 2.48 bits per heavy atom. The van der Waals surface area contributed by atoms with Crippen molar-refractivity contribution in [2.45, 2.75) is 111 Å². The Balaban J connectivity index is 0.903. The van der Waals surface area contributed by atoms with Crippen LogP contribution in [0.4, 0.5) is 22.6 Å². The Kier molecular flexibility index (Phi) is 9.00. The number of carboxylic acid groups (broad SMARTS) is 1. The van der Waals surface area contributed by atoms with Crippen molar-refractivity contribution in [2.24, 2.45) is 16.2 Å². The van der Waals surface area contributed by atoms with E-state index in [1.807, 2.05) is 29.3 Å². The summed E-state index contributed by atoms with van der Waals surface area (Å²) in [5.41, 5.74) is 7.11. The third-order valence-corrected chi connectivity index (χ3v) is 15.0. The van der Waals surface area contributed by atoms with Crippen molar-refractivity contribution in [3.05, 3.63) is 64.6 Å². The molecule has 0 spiro atoms.